The van der Waals surface area contributed by atoms with Gasteiger partial charge in [0.1, 0.15) is 0 Å². The minimum Gasteiger partial charge on any atom is -0.462 e. The Kier molecular flexibility index (Phi) is 5.63. The molecule has 0 bridgehead atoms. The topological polar surface area (TPSA) is 43.4 Å². The maximum atomic E-state index is 12.0. The molecule has 6 heteroatoms. The van der Waals surface area contributed by atoms with Gasteiger partial charge in [0.05, 0.1) is 11.1 Å². The summed E-state index contributed by atoms with van der Waals surface area (Å²) in [5.41, 5.74) is 0.226. The van der Waals surface area contributed by atoms with Gasteiger partial charge < -0.3 is 4.74 Å². The number of esters is 1. The first kappa shape index (κ1) is 15.5. The highest BCUT2D eigenvalue weighted by Gasteiger charge is 2.28. The SMILES string of the molecule is CC(C)OC(=O)C(Br)C(=O)c1ccc(Cl)cc1Cl. The van der Waals surface area contributed by atoms with Crippen LogP contribution in [-0.4, -0.2) is 22.7 Å². The molecule has 0 aliphatic heterocycles. The summed E-state index contributed by atoms with van der Waals surface area (Å²) in [6.45, 7) is 3.41. The van der Waals surface area contributed by atoms with E-state index in [2.05, 4.69) is 15.9 Å². The van der Waals surface area contributed by atoms with E-state index in [9.17, 15) is 9.59 Å². The minimum atomic E-state index is -1.07. The number of alkyl halides is 1. The monoisotopic (exact) mass is 352 g/mol. The quantitative estimate of drug-likeness (QED) is 0.357. The van der Waals surface area contributed by atoms with E-state index in [1.807, 2.05) is 0 Å². The number of halogens is 3. The molecule has 18 heavy (non-hydrogen) atoms. The Balaban J connectivity index is 2.90. The van der Waals surface area contributed by atoms with Crippen molar-refractivity contribution in [2.75, 3.05) is 0 Å². The maximum absolute atomic E-state index is 12.0. The van der Waals surface area contributed by atoms with Crippen LogP contribution in [0, 0.1) is 0 Å². The van der Waals surface area contributed by atoms with Crippen LogP contribution in [0.2, 0.25) is 10.0 Å². The zero-order chi connectivity index (χ0) is 13.9. The molecule has 0 aromatic heterocycles. The summed E-state index contributed by atoms with van der Waals surface area (Å²) in [4.78, 5) is 22.5. The first-order valence-electron chi connectivity index (χ1n) is 5.16. The summed E-state index contributed by atoms with van der Waals surface area (Å²) < 4.78 is 4.94. The molecule has 0 saturated carbocycles. The van der Waals surface area contributed by atoms with Gasteiger partial charge >= 0.3 is 5.97 Å². The third-order valence-corrected chi connectivity index (χ3v) is 3.32. The van der Waals surface area contributed by atoms with E-state index < -0.39 is 16.6 Å². The largest absolute Gasteiger partial charge is 0.462 e. The Morgan fingerprint density at radius 2 is 1.89 bits per heavy atom. The first-order valence-corrected chi connectivity index (χ1v) is 6.84. The molecule has 1 aromatic carbocycles. The second kappa shape index (κ2) is 6.55. The summed E-state index contributed by atoms with van der Waals surface area (Å²) in [6, 6.07) is 4.46. The normalized spacial score (nSPS) is 12.3. The van der Waals surface area contributed by atoms with Gasteiger partial charge in [0.25, 0.3) is 0 Å². The molecule has 1 rings (SSSR count). The fraction of sp³-hybridized carbons (Fsp3) is 0.333. The van der Waals surface area contributed by atoms with Crippen molar-refractivity contribution in [3.05, 3.63) is 33.8 Å². The van der Waals surface area contributed by atoms with Crippen LogP contribution in [-0.2, 0) is 9.53 Å². The first-order chi connectivity index (χ1) is 8.32. The molecular weight excluding hydrogens is 343 g/mol. The lowest BCUT2D eigenvalue weighted by Crippen LogP contribution is -2.28. The molecule has 0 saturated heterocycles. The van der Waals surface area contributed by atoms with E-state index in [1.54, 1.807) is 13.8 Å². The summed E-state index contributed by atoms with van der Waals surface area (Å²) in [5, 5.41) is 0.627. The Morgan fingerprint density at radius 3 is 2.39 bits per heavy atom. The van der Waals surface area contributed by atoms with Gasteiger partial charge in [-0.05, 0) is 32.0 Å². The average Bonchev–Trinajstić information content (AvgIpc) is 2.26. The van der Waals surface area contributed by atoms with Crippen LogP contribution >= 0.6 is 39.1 Å². The molecule has 0 heterocycles. The molecule has 0 amide bonds. The molecule has 1 atom stereocenters. The lowest BCUT2D eigenvalue weighted by Gasteiger charge is -2.12. The number of hydrogen-bond acceptors (Lipinski definition) is 3. The number of rotatable bonds is 4. The Bertz CT molecular complexity index is 474. The molecule has 0 aliphatic rings. The highest BCUT2D eigenvalue weighted by atomic mass is 79.9. The summed E-state index contributed by atoms with van der Waals surface area (Å²) in [7, 11) is 0. The standard InChI is InChI=1S/C12H11BrCl2O3/c1-6(2)18-12(17)10(13)11(16)8-4-3-7(14)5-9(8)15/h3-6,10H,1-2H3. The van der Waals surface area contributed by atoms with E-state index in [1.165, 1.54) is 18.2 Å². The molecule has 0 radical (unpaired) electrons. The number of Topliss-reactive ketones (excluding diaryl/α,β-unsaturated/α-hetero) is 1. The highest BCUT2D eigenvalue weighted by molar-refractivity contribution is 9.10. The van der Waals surface area contributed by atoms with Crippen molar-refractivity contribution < 1.29 is 14.3 Å². The van der Waals surface area contributed by atoms with Gasteiger partial charge in [-0.15, -0.1) is 0 Å². The molecule has 3 nitrogen and oxygen atoms in total. The highest BCUT2D eigenvalue weighted by Crippen LogP contribution is 2.24. The van der Waals surface area contributed by atoms with E-state index in [-0.39, 0.29) is 16.7 Å². The van der Waals surface area contributed by atoms with Gasteiger partial charge in [-0.25, -0.2) is 0 Å². The van der Waals surface area contributed by atoms with Gasteiger partial charge in [-0.2, -0.15) is 0 Å². The molecule has 1 unspecified atom stereocenters. The van der Waals surface area contributed by atoms with E-state index in [0.29, 0.717) is 5.02 Å². The smallest absolute Gasteiger partial charge is 0.328 e. The second-order valence-electron chi connectivity index (χ2n) is 3.84. The van der Waals surface area contributed by atoms with Crippen LogP contribution in [0.5, 0.6) is 0 Å². The zero-order valence-corrected chi connectivity index (χ0v) is 12.8. The predicted octanol–water partition coefficient (Wildman–Crippen LogP) is 3.89. The van der Waals surface area contributed by atoms with Crippen LogP contribution in [0.15, 0.2) is 18.2 Å². The molecule has 0 aliphatic carbocycles. The van der Waals surface area contributed by atoms with Crippen LogP contribution in [0.1, 0.15) is 24.2 Å². The number of benzene rings is 1. The lowest BCUT2D eigenvalue weighted by molar-refractivity contribution is -0.145. The van der Waals surface area contributed by atoms with Gasteiger partial charge in [-0.1, -0.05) is 39.1 Å². The van der Waals surface area contributed by atoms with Crippen molar-refractivity contribution in [3.63, 3.8) is 0 Å². The van der Waals surface area contributed by atoms with Gasteiger partial charge in [0, 0.05) is 10.6 Å². The number of ether oxygens (including phenoxy) is 1. The molecule has 0 fully saturated rings. The predicted molar refractivity (Wildman–Crippen MR) is 74.7 cm³/mol. The third kappa shape index (κ3) is 3.97. The van der Waals surface area contributed by atoms with Crippen molar-refractivity contribution in [2.45, 2.75) is 24.8 Å². The molecule has 1 aromatic rings. The van der Waals surface area contributed by atoms with Crippen LogP contribution < -0.4 is 0 Å². The average molecular weight is 354 g/mol. The lowest BCUT2D eigenvalue weighted by atomic mass is 10.1. The Morgan fingerprint density at radius 1 is 1.28 bits per heavy atom. The van der Waals surface area contributed by atoms with Crippen LogP contribution in [0.25, 0.3) is 0 Å². The van der Waals surface area contributed by atoms with Crippen LogP contribution in [0.4, 0.5) is 0 Å². The van der Waals surface area contributed by atoms with Crippen LogP contribution in [0.3, 0.4) is 0 Å². The van der Waals surface area contributed by atoms with Gasteiger partial charge in [0.15, 0.2) is 10.6 Å². The number of hydrogen-bond donors (Lipinski definition) is 0. The molecule has 98 valence electrons. The third-order valence-electron chi connectivity index (χ3n) is 1.99. The van der Waals surface area contributed by atoms with Crippen molar-refractivity contribution in [1.82, 2.24) is 0 Å². The van der Waals surface area contributed by atoms with Gasteiger partial charge in [-0.3, -0.25) is 9.59 Å². The summed E-state index contributed by atoms with van der Waals surface area (Å²) in [5.74, 6) is -1.09. The second-order valence-corrected chi connectivity index (χ2v) is 5.60. The zero-order valence-electron chi connectivity index (χ0n) is 9.75. The number of carbonyl (C=O) groups excluding carboxylic acids is 2. The Hall–Kier alpha value is -0.580. The minimum absolute atomic E-state index is 0.203. The van der Waals surface area contributed by atoms with Crippen molar-refractivity contribution in [2.24, 2.45) is 0 Å². The molecule has 0 N–H and O–H groups in total. The Labute approximate surface area is 124 Å². The van der Waals surface area contributed by atoms with Gasteiger partial charge in [0.2, 0.25) is 0 Å². The summed E-state index contributed by atoms with van der Waals surface area (Å²) >= 11 is 14.6. The molecular formula is C12H11BrCl2O3. The van der Waals surface area contributed by atoms with Crippen molar-refractivity contribution in [3.8, 4) is 0 Å². The van der Waals surface area contributed by atoms with E-state index in [4.69, 9.17) is 27.9 Å². The maximum Gasteiger partial charge on any atom is 0.328 e. The van der Waals surface area contributed by atoms with Crippen molar-refractivity contribution in [1.29, 1.82) is 0 Å². The fourth-order valence-electron chi connectivity index (χ4n) is 1.22. The van der Waals surface area contributed by atoms with E-state index in [0.717, 1.165) is 0 Å². The van der Waals surface area contributed by atoms with E-state index >= 15 is 0 Å². The van der Waals surface area contributed by atoms with Crippen molar-refractivity contribution >= 4 is 50.9 Å². The fourth-order valence-corrected chi connectivity index (χ4v) is 2.08. The number of carbonyl (C=O) groups is 2. The molecule has 0 spiro atoms. The number of ketones is 1. The summed E-state index contributed by atoms with van der Waals surface area (Å²) in [6.07, 6.45) is -0.286.